The first-order valence-electron chi connectivity index (χ1n) is 6.39. The third kappa shape index (κ3) is 4.05. The van der Waals surface area contributed by atoms with E-state index >= 15 is 0 Å². The number of aryl methyl sites for hydroxylation is 1. The van der Waals surface area contributed by atoms with E-state index in [2.05, 4.69) is 21.2 Å². The quantitative estimate of drug-likeness (QED) is 0.647. The number of anilines is 1. The van der Waals surface area contributed by atoms with Crippen molar-refractivity contribution in [3.63, 3.8) is 0 Å². The van der Waals surface area contributed by atoms with E-state index in [-0.39, 0.29) is 18.2 Å². The third-order valence-electron chi connectivity index (χ3n) is 2.90. The van der Waals surface area contributed by atoms with Crippen LogP contribution < -0.4 is 10.1 Å². The Bertz CT molecular complexity index is 718. The molecule has 0 heterocycles. The van der Waals surface area contributed by atoms with Crippen molar-refractivity contribution >= 4 is 33.2 Å². The van der Waals surface area contributed by atoms with Gasteiger partial charge >= 0.3 is 0 Å². The number of hydrogen-bond donors (Lipinski definition) is 1. The van der Waals surface area contributed by atoms with E-state index < -0.39 is 4.92 Å². The van der Waals surface area contributed by atoms with Crippen molar-refractivity contribution in [3.8, 4) is 5.75 Å². The molecule has 0 aliphatic carbocycles. The minimum Gasteiger partial charge on any atom is -0.483 e. The zero-order valence-electron chi connectivity index (χ0n) is 11.7. The van der Waals surface area contributed by atoms with Gasteiger partial charge in [0.1, 0.15) is 5.75 Å². The summed E-state index contributed by atoms with van der Waals surface area (Å²) in [4.78, 5) is 22.2. The SMILES string of the molecule is Cc1ccc([N+](=O)[O-])cc1NC(=O)COc1ccccc1Br. The number of carbonyl (C=O) groups excluding carboxylic acids is 1. The van der Waals surface area contributed by atoms with Gasteiger partial charge in [-0.3, -0.25) is 14.9 Å². The number of nitro benzene ring substituents is 1. The molecule has 0 aromatic heterocycles. The number of hydrogen-bond acceptors (Lipinski definition) is 4. The first kappa shape index (κ1) is 16.0. The van der Waals surface area contributed by atoms with Gasteiger partial charge in [0.25, 0.3) is 11.6 Å². The molecule has 2 rings (SSSR count). The highest BCUT2D eigenvalue weighted by Gasteiger charge is 2.12. The largest absolute Gasteiger partial charge is 0.483 e. The van der Waals surface area contributed by atoms with E-state index in [9.17, 15) is 14.9 Å². The van der Waals surface area contributed by atoms with Crippen molar-refractivity contribution in [1.82, 2.24) is 0 Å². The zero-order chi connectivity index (χ0) is 16.1. The highest BCUT2D eigenvalue weighted by molar-refractivity contribution is 9.10. The summed E-state index contributed by atoms with van der Waals surface area (Å²) in [7, 11) is 0. The monoisotopic (exact) mass is 364 g/mol. The molecule has 0 radical (unpaired) electrons. The molecule has 0 spiro atoms. The van der Waals surface area contributed by atoms with Crippen LogP contribution in [0, 0.1) is 17.0 Å². The molecule has 0 atom stereocenters. The van der Waals surface area contributed by atoms with Gasteiger partial charge in [0.2, 0.25) is 0 Å². The minimum atomic E-state index is -0.507. The van der Waals surface area contributed by atoms with E-state index in [1.165, 1.54) is 12.1 Å². The van der Waals surface area contributed by atoms with Crippen LogP contribution in [0.1, 0.15) is 5.56 Å². The summed E-state index contributed by atoms with van der Waals surface area (Å²) in [6.07, 6.45) is 0. The maximum absolute atomic E-state index is 11.9. The molecule has 0 unspecified atom stereocenters. The topological polar surface area (TPSA) is 81.5 Å². The van der Waals surface area contributed by atoms with Crippen LogP contribution in [0.15, 0.2) is 46.9 Å². The summed E-state index contributed by atoms with van der Waals surface area (Å²) in [6.45, 7) is 1.57. The Kier molecular flexibility index (Phi) is 5.11. The second-order valence-electron chi connectivity index (χ2n) is 4.52. The number of non-ortho nitro benzene ring substituents is 1. The van der Waals surface area contributed by atoms with Crippen LogP contribution >= 0.6 is 15.9 Å². The summed E-state index contributed by atoms with van der Waals surface area (Å²) in [5, 5.41) is 13.4. The molecule has 114 valence electrons. The van der Waals surface area contributed by atoms with Crippen molar-refractivity contribution < 1.29 is 14.5 Å². The average molecular weight is 365 g/mol. The van der Waals surface area contributed by atoms with Crippen molar-refractivity contribution in [3.05, 3.63) is 62.6 Å². The third-order valence-corrected chi connectivity index (χ3v) is 3.56. The van der Waals surface area contributed by atoms with Gasteiger partial charge in [0.05, 0.1) is 15.1 Å². The van der Waals surface area contributed by atoms with Gasteiger partial charge < -0.3 is 10.1 Å². The molecule has 0 saturated heterocycles. The Morgan fingerprint density at radius 1 is 1.32 bits per heavy atom. The summed E-state index contributed by atoms with van der Waals surface area (Å²) < 4.78 is 6.14. The molecule has 0 saturated carbocycles. The maximum Gasteiger partial charge on any atom is 0.271 e. The van der Waals surface area contributed by atoms with Crippen LogP contribution in [0.25, 0.3) is 0 Å². The van der Waals surface area contributed by atoms with Gasteiger partial charge in [0.15, 0.2) is 6.61 Å². The first-order chi connectivity index (χ1) is 10.5. The van der Waals surface area contributed by atoms with E-state index in [1.807, 2.05) is 6.07 Å². The smallest absolute Gasteiger partial charge is 0.271 e. The number of para-hydroxylation sites is 1. The Morgan fingerprint density at radius 2 is 2.05 bits per heavy atom. The first-order valence-corrected chi connectivity index (χ1v) is 7.19. The summed E-state index contributed by atoms with van der Waals surface area (Å²) >= 11 is 3.32. The fourth-order valence-electron chi connectivity index (χ4n) is 1.75. The zero-order valence-corrected chi connectivity index (χ0v) is 13.3. The molecule has 0 aliphatic rings. The minimum absolute atomic E-state index is 0.0763. The standard InChI is InChI=1S/C15H13BrN2O4/c1-10-6-7-11(18(20)21)8-13(10)17-15(19)9-22-14-5-3-2-4-12(14)16/h2-8H,9H2,1H3,(H,17,19). The van der Waals surface area contributed by atoms with E-state index in [0.717, 1.165) is 10.0 Å². The van der Waals surface area contributed by atoms with Gasteiger partial charge in [-0.1, -0.05) is 18.2 Å². The number of nitrogens with one attached hydrogen (secondary N) is 1. The lowest BCUT2D eigenvalue weighted by Gasteiger charge is -2.10. The van der Waals surface area contributed by atoms with Crippen molar-refractivity contribution in [2.45, 2.75) is 6.92 Å². The molecule has 7 heteroatoms. The summed E-state index contributed by atoms with van der Waals surface area (Å²) in [6, 6.07) is 11.5. The summed E-state index contributed by atoms with van der Waals surface area (Å²) in [5.74, 6) is 0.160. The molecule has 1 N–H and O–H groups in total. The molecule has 22 heavy (non-hydrogen) atoms. The van der Waals surface area contributed by atoms with Crippen LogP contribution in [0.2, 0.25) is 0 Å². The fourth-order valence-corrected chi connectivity index (χ4v) is 2.15. The van der Waals surface area contributed by atoms with Crippen molar-refractivity contribution in [1.29, 1.82) is 0 Å². The average Bonchev–Trinajstić information content (AvgIpc) is 2.48. The molecular weight excluding hydrogens is 352 g/mol. The van der Waals surface area contributed by atoms with Crippen LogP contribution in [0.5, 0.6) is 5.75 Å². The highest BCUT2D eigenvalue weighted by Crippen LogP contribution is 2.24. The van der Waals surface area contributed by atoms with Crippen LogP contribution in [-0.4, -0.2) is 17.4 Å². The molecule has 1 amide bonds. The molecule has 2 aromatic rings. The number of rotatable bonds is 5. The normalized spacial score (nSPS) is 10.1. The van der Waals surface area contributed by atoms with Crippen LogP contribution in [-0.2, 0) is 4.79 Å². The summed E-state index contributed by atoms with van der Waals surface area (Å²) in [5.41, 5.74) is 1.06. The molecule has 2 aromatic carbocycles. The van der Waals surface area contributed by atoms with Crippen molar-refractivity contribution in [2.24, 2.45) is 0 Å². The number of halogens is 1. The van der Waals surface area contributed by atoms with Crippen LogP contribution in [0.4, 0.5) is 11.4 Å². The predicted octanol–water partition coefficient (Wildman–Crippen LogP) is 3.68. The Morgan fingerprint density at radius 3 is 2.73 bits per heavy atom. The molecule has 0 fully saturated rings. The van der Waals surface area contributed by atoms with Gasteiger partial charge in [-0.05, 0) is 40.5 Å². The van der Waals surface area contributed by atoms with Crippen molar-refractivity contribution in [2.75, 3.05) is 11.9 Å². The van der Waals surface area contributed by atoms with Gasteiger partial charge in [-0.2, -0.15) is 0 Å². The number of carbonyl (C=O) groups is 1. The Labute approximate surface area is 135 Å². The Hall–Kier alpha value is -2.41. The molecule has 0 bridgehead atoms. The van der Waals surface area contributed by atoms with E-state index in [1.54, 1.807) is 31.2 Å². The van der Waals surface area contributed by atoms with Gasteiger partial charge in [0, 0.05) is 12.1 Å². The lowest BCUT2D eigenvalue weighted by molar-refractivity contribution is -0.384. The Balaban J connectivity index is 2.02. The number of ether oxygens (including phenoxy) is 1. The predicted molar refractivity (Wildman–Crippen MR) is 86.1 cm³/mol. The number of benzene rings is 2. The van der Waals surface area contributed by atoms with Gasteiger partial charge in [-0.25, -0.2) is 0 Å². The maximum atomic E-state index is 11.9. The van der Waals surface area contributed by atoms with E-state index in [0.29, 0.717) is 11.4 Å². The van der Waals surface area contributed by atoms with E-state index in [4.69, 9.17) is 4.74 Å². The fraction of sp³-hybridized carbons (Fsp3) is 0.133. The second kappa shape index (κ2) is 7.04. The second-order valence-corrected chi connectivity index (χ2v) is 5.38. The highest BCUT2D eigenvalue weighted by atomic mass is 79.9. The lowest BCUT2D eigenvalue weighted by atomic mass is 10.2. The molecule has 0 aliphatic heterocycles. The number of amides is 1. The van der Waals surface area contributed by atoms with Gasteiger partial charge in [-0.15, -0.1) is 0 Å². The van der Waals surface area contributed by atoms with Crippen LogP contribution in [0.3, 0.4) is 0 Å². The molecule has 6 nitrogen and oxygen atoms in total. The number of nitro groups is 1. The number of nitrogens with zero attached hydrogens (tertiary/aromatic N) is 1. The lowest BCUT2D eigenvalue weighted by Crippen LogP contribution is -2.20. The molecular formula is C15H13BrN2O4.